The van der Waals surface area contributed by atoms with E-state index in [1.54, 1.807) is 0 Å². The summed E-state index contributed by atoms with van der Waals surface area (Å²) in [7, 11) is -3.82. The summed E-state index contributed by atoms with van der Waals surface area (Å²) < 4.78 is 63.6. The summed E-state index contributed by atoms with van der Waals surface area (Å²) in [6.07, 6.45) is 0. The monoisotopic (exact) mass is 364 g/mol. The molecule has 6 nitrogen and oxygen atoms in total. The van der Waals surface area contributed by atoms with Gasteiger partial charge in [-0.05, 0) is 30.7 Å². The second-order valence-corrected chi connectivity index (χ2v) is 7.57. The molecule has 1 aromatic rings. The number of nitrogens with one attached hydrogen (secondary N) is 1. The van der Waals surface area contributed by atoms with Crippen LogP contribution in [0.1, 0.15) is 21.8 Å². The third-order valence-electron chi connectivity index (χ3n) is 4.31. The maximum absolute atomic E-state index is 12.4. The molecule has 0 radical (unpaired) electrons. The third kappa shape index (κ3) is 2.95. The van der Waals surface area contributed by atoms with Gasteiger partial charge in [0.15, 0.2) is 0 Å². The minimum Gasteiger partial charge on any atom is -0.376 e. The maximum Gasteiger partial charge on any atom is 0.534 e. The number of hydrogen-bond acceptors (Lipinski definition) is 5. The number of carbonyl (C=O) groups excluding carboxylic acids is 1. The van der Waals surface area contributed by atoms with Crippen LogP contribution in [0.15, 0.2) is 18.2 Å². The second kappa shape index (κ2) is 5.62. The van der Waals surface area contributed by atoms with Crippen LogP contribution in [0.4, 0.5) is 13.2 Å². The number of benzene rings is 1. The predicted octanol–water partition coefficient (Wildman–Crippen LogP) is 1.30. The van der Waals surface area contributed by atoms with E-state index in [9.17, 15) is 26.4 Å². The van der Waals surface area contributed by atoms with E-state index in [0.717, 1.165) is 18.7 Å². The molecule has 2 heterocycles. The van der Waals surface area contributed by atoms with Gasteiger partial charge >= 0.3 is 15.6 Å². The zero-order valence-electron chi connectivity index (χ0n) is 12.6. The topological polar surface area (TPSA) is 75.7 Å². The van der Waals surface area contributed by atoms with E-state index in [0.29, 0.717) is 18.7 Å². The number of likely N-dealkylation sites (tertiary alicyclic amines) is 1. The van der Waals surface area contributed by atoms with E-state index in [2.05, 4.69) is 14.4 Å². The summed E-state index contributed by atoms with van der Waals surface area (Å²) in [5.74, 6) is -0.731. The molecular formula is C14H15F3N2O4S. The van der Waals surface area contributed by atoms with Crippen LogP contribution in [-0.4, -0.2) is 51.4 Å². The van der Waals surface area contributed by atoms with Crippen LogP contribution in [0.3, 0.4) is 0 Å². The van der Waals surface area contributed by atoms with Gasteiger partial charge in [-0.3, -0.25) is 4.79 Å². The average Bonchev–Trinajstić information content (AvgIpc) is 2.78. The number of halogens is 3. The minimum atomic E-state index is -5.77. The molecule has 0 saturated carbocycles. The quantitative estimate of drug-likeness (QED) is 0.633. The third-order valence-corrected chi connectivity index (χ3v) is 5.29. The van der Waals surface area contributed by atoms with Gasteiger partial charge in [-0.15, -0.1) is 0 Å². The number of hydrogen-bond donors (Lipinski definition) is 1. The van der Waals surface area contributed by atoms with Crippen molar-refractivity contribution in [2.75, 3.05) is 26.7 Å². The standard InChI is InChI=1S/C14H15F3N2O4S/c1-19-6-8-5-18-13(20)11-4-9(2-3-10(11)12(8)7-19)23-24(21,22)14(15,16)17/h2-4,8,12H,5-7H2,1H3,(H,18,20)/t8-,12-/m0/s1. The molecule has 1 fully saturated rings. The van der Waals surface area contributed by atoms with Crippen LogP contribution in [0.5, 0.6) is 5.75 Å². The van der Waals surface area contributed by atoms with E-state index in [-0.39, 0.29) is 17.4 Å². The van der Waals surface area contributed by atoms with E-state index in [1.165, 1.54) is 6.07 Å². The van der Waals surface area contributed by atoms with Crippen molar-refractivity contribution in [3.8, 4) is 5.75 Å². The Morgan fingerprint density at radius 1 is 1.29 bits per heavy atom. The molecule has 0 bridgehead atoms. The average molecular weight is 364 g/mol. The number of amides is 1. The van der Waals surface area contributed by atoms with Gasteiger partial charge in [0.1, 0.15) is 5.75 Å². The second-order valence-electron chi connectivity index (χ2n) is 6.03. The SMILES string of the molecule is CN1C[C@@H]2CNC(=O)c3cc(OS(=O)(=O)C(F)(F)F)ccc3[C@H]2C1. The van der Waals surface area contributed by atoms with Crippen molar-refractivity contribution in [1.82, 2.24) is 10.2 Å². The van der Waals surface area contributed by atoms with Crippen molar-refractivity contribution in [2.45, 2.75) is 11.4 Å². The lowest BCUT2D eigenvalue weighted by atomic mass is 9.87. The first-order valence-corrected chi connectivity index (χ1v) is 8.61. The highest BCUT2D eigenvalue weighted by Crippen LogP contribution is 2.37. The number of rotatable bonds is 2. The number of carbonyl (C=O) groups is 1. The molecule has 2 atom stereocenters. The van der Waals surface area contributed by atoms with Gasteiger partial charge in [0.05, 0.1) is 0 Å². The highest BCUT2D eigenvalue weighted by atomic mass is 32.2. The molecule has 1 amide bonds. The van der Waals surface area contributed by atoms with E-state index >= 15 is 0 Å². The van der Waals surface area contributed by atoms with E-state index in [1.807, 2.05) is 7.05 Å². The molecule has 24 heavy (non-hydrogen) atoms. The van der Waals surface area contributed by atoms with Crippen molar-refractivity contribution in [3.05, 3.63) is 29.3 Å². The summed E-state index contributed by atoms with van der Waals surface area (Å²) >= 11 is 0. The molecule has 3 rings (SSSR count). The molecule has 1 saturated heterocycles. The van der Waals surface area contributed by atoms with Gasteiger partial charge < -0.3 is 14.4 Å². The Labute approximate surface area is 136 Å². The molecule has 10 heteroatoms. The summed E-state index contributed by atoms with van der Waals surface area (Å²) in [6.45, 7) is 1.97. The lowest BCUT2D eigenvalue weighted by Gasteiger charge is -2.17. The highest BCUT2D eigenvalue weighted by Gasteiger charge is 2.48. The Morgan fingerprint density at radius 3 is 2.67 bits per heavy atom. The zero-order valence-corrected chi connectivity index (χ0v) is 13.4. The molecular weight excluding hydrogens is 349 g/mol. The highest BCUT2D eigenvalue weighted by molar-refractivity contribution is 7.88. The lowest BCUT2D eigenvalue weighted by Crippen LogP contribution is -2.29. The molecule has 1 aromatic carbocycles. The Kier molecular flexibility index (Phi) is 3.99. The van der Waals surface area contributed by atoms with Crippen LogP contribution in [0.25, 0.3) is 0 Å². The Morgan fingerprint density at radius 2 is 2.00 bits per heavy atom. The van der Waals surface area contributed by atoms with E-state index in [4.69, 9.17) is 0 Å². The summed E-state index contributed by atoms with van der Waals surface area (Å²) in [6, 6.07) is 3.67. The van der Waals surface area contributed by atoms with Gasteiger partial charge in [0.2, 0.25) is 0 Å². The lowest BCUT2D eigenvalue weighted by molar-refractivity contribution is -0.0500. The first kappa shape index (κ1) is 17.0. The molecule has 2 aliphatic rings. The largest absolute Gasteiger partial charge is 0.534 e. The molecule has 0 unspecified atom stereocenters. The Hall–Kier alpha value is -1.81. The van der Waals surface area contributed by atoms with Gasteiger partial charge in [-0.2, -0.15) is 21.6 Å². The van der Waals surface area contributed by atoms with Crippen LogP contribution in [0.2, 0.25) is 0 Å². The van der Waals surface area contributed by atoms with Crippen LogP contribution in [0, 0.1) is 5.92 Å². The zero-order chi connectivity index (χ0) is 17.7. The number of nitrogens with zero attached hydrogens (tertiary/aromatic N) is 1. The minimum absolute atomic E-state index is 0.0530. The predicted molar refractivity (Wildman–Crippen MR) is 78.1 cm³/mol. The fourth-order valence-electron chi connectivity index (χ4n) is 3.25. The molecule has 1 N–H and O–H groups in total. The summed E-state index contributed by atoms with van der Waals surface area (Å²) in [5, 5.41) is 2.72. The Bertz CT molecular complexity index is 779. The molecule has 0 spiro atoms. The first-order chi connectivity index (χ1) is 11.1. The fourth-order valence-corrected chi connectivity index (χ4v) is 3.70. The van der Waals surface area contributed by atoms with Gasteiger partial charge in [-0.25, -0.2) is 0 Å². The Balaban J connectivity index is 1.97. The fraction of sp³-hybridized carbons (Fsp3) is 0.500. The summed E-state index contributed by atoms with van der Waals surface area (Å²) in [4.78, 5) is 14.3. The molecule has 0 aliphatic carbocycles. The van der Waals surface area contributed by atoms with Gasteiger partial charge in [-0.1, -0.05) is 6.07 Å². The molecule has 0 aromatic heterocycles. The van der Waals surface area contributed by atoms with Crippen molar-refractivity contribution < 1.29 is 30.6 Å². The van der Waals surface area contributed by atoms with Gasteiger partial charge in [0, 0.05) is 31.1 Å². The number of fused-ring (bicyclic) bond motifs is 3. The number of alkyl halides is 3. The smallest absolute Gasteiger partial charge is 0.376 e. The van der Waals surface area contributed by atoms with Crippen LogP contribution in [-0.2, 0) is 10.1 Å². The maximum atomic E-state index is 12.4. The van der Waals surface area contributed by atoms with Crippen molar-refractivity contribution in [1.29, 1.82) is 0 Å². The molecule has 132 valence electrons. The van der Waals surface area contributed by atoms with Crippen molar-refractivity contribution >= 4 is 16.0 Å². The van der Waals surface area contributed by atoms with Crippen LogP contribution < -0.4 is 9.50 Å². The van der Waals surface area contributed by atoms with Gasteiger partial charge in [0.25, 0.3) is 5.91 Å². The van der Waals surface area contributed by atoms with E-state index < -0.39 is 27.3 Å². The first-order valence-electron chi connectivity index (χ1n) is 7.20. The number of likely N-dealkylation sites (N-methyl/N-ethyl adjacent to an activating group) is 1. The normalized spacial score (nSPS) is 24.8. The van der Waals surface area contributed by atoms with Crippen LogP contribution >= 0.6 is 0 Å². The van der Waals surface area contributed by atoms with Crippen molar-refractivity contribution in [3.63, 3.8) is 0 Å². The molecule has 2 aliphatic heterocycles. The van der Waals surface area contributed by atoms with Crippen molar-refractivity contribution in [2.24, 2.45) is 5.92 Å². The summed E-state index contributed by atoms with van der Waals surface area (Å²) in [5.41, 5.74) is -4.69.